The lowest BCUT2D eigenvalue weighted by Gasteiger charge is -2.56. The van der Waals surface area contributed by atoms with Crippen LogP contribution in [-0.2, 0) is 5.41 Å². The zero-order valence-electron chi connectivity index (χ0n) is 12.1. The Hall–Kier alpha value is -0.410. The van der Waals surface area contributed by atoms with Gasteiger partial charge in [-0.25, -0.2) is 4.98 Å². The molecule has 1 aromatic heterocycles. The van der Waals surface area contributed by atoms with Crippen LogP contribution in [0.15, 0.2) is 5.38 Å². The molecule has 0 amide bonds. The predicted molar refractivity (Wildman–Crippen MR) is 81.6 cm³/mol. The first-order valence-corrected chi connectivity index (χ1v) is 9.31. The lowest BCUT2D eigenvalue weighted by atomic mass is 9.49. The highest BCUT2D eigenvalue weighted by Gasteiger charge is 2.52. The molecule has 5 aliphatic carbocycles. The summed E-state index contributed by atoms with van der Waals surface area (Å²) in [4.78, 5) is 5.05. The van der Waals surface area contributed by atoms with Crippen LogP contribution in [0.3, 0.4) is 0 Å². The van der Waals surface area contributed by atoms with Gasteiger partial charge in [0.1, 0.15) is 5.01 Å². The minimum atomic E-state index is 0.225. The van der Waals surface area contributed by atoms with Gasteiger partial charge in [0, 0.05) is 10.8 Å². The molecule has 5 aliphatic rings. The van der Waals surface area contributed by atoms with E-state index in [1.807, 2.05) is 11.3 Å². The Morgan fingerprint density at radius 1 is 1.10 bits per heavy atom. The van der Waals surface area contributed by atoms with Crippen molar-refractivity contribution in [3.05, 3.63) is 16.1 Å². The molecule has 6 rings (SSSR count). The van der Waals surface area contributed by atoms with Crippen molar-refractivity contribution >= 4 is 11.3 Å². The van der Waals surface area contributed by atoms with Crippen LogP contribution in [0.25, 0.3) is 0 Å². The zero-order chi connectivity index (χ0) is 13.3. The maximum absolute atomic E-state index is 6.35. The van der Waals surface area contributed by atoms with E-state index in [1.54, 1.807) is 0 Å². The Morgan fingerprint density at radius 3 is 2.25 bits per heavy atom. The van der Waals surface area contributed by atoms with Gasteiger partial charge in [0.15, 0.2) is 0 Å². The molecule has 1 atom stereocenters. The summed E-state index contributed by atoms with van der Waals surface area (Å²) in [5.74, 6) is 3.74. The largest absolute Gasteiger partial charge is 0.322 e. The Morgan fingerprint density at radius 2 is 1.70 bits per heavy atom. The Labute approximate surface area is 125 Å². The second-order valence-corrected chi connectivity index (χ2v) is 9.02. The van der Waals surface area contributed by atoms with Crippen LogP contribution in [0.1, 0.15) is 68.1 Å². The maximum atomic E-state index is 6.35. The fraction of sp³-hybridized carbons (Fsp3) is 0.824. The summed E-state index contributed by atoms with van der Waals surface area (Å²) in [5.41, 5.74) is 8.23. The third-order valence-electron chi connectivity index (χ3n) is 6.52. The standard InChI is InChI=1S/C17H24N2S/c18-15(13-1-2-13)16-19-14(9-20-16)17-6-10-3-11(7-17)5-12(4-10)8-17/h9-13,15H,1-8,18H2. The van der Waals surface area contributed by atoms with Crippen molar-refractivity contribution in [3.8, 4) is 0 Å². The summed E-state index contributed by atoms with van der Waals surface area (Å²) < 4.78 is 0. The van der Waals surface area contributed by atoms with Gasteiger partial charge < -0.3 is 5.73 Å². The summed E-state index contributed by atoms with van der Waals surface area (Å²) in [6, 6.07) is 0.225. The van der Waals surface area contributed by atoms with Gasteiger partial charge in [-0.2, -0.15) is 0 Å². The van der Waals surface area contributed by atoms with Crippen molar-refractivity contribution in [1.82, 2.24) is 4.98 Å². The third-order valence-corrected chi connectivity index (χ3v) is 7.46. The van der Waals surface area contributed by atoms with E-state index in [2.05, 4.69) is 5.38 Å². The number of rotatable bonds is 3. The number of aromatic nitrogens is 1. The van der Waals surface area contributed by atoms with Crippen LogP contribution in [0.4, 0.5) is 0 Å². The van der Waals surface area contributed by atoms with Crippen LogP contribution in [0, 0.1) is 23.7 Å². The SMILES string of the molecule is NC(c1nc(C23CC4CC(CC(C4)C2)C3)cs1)C1CC1. The van der Waals surface area contributed by atoms with Gasteiger partial charge in [-0.1, -0.05) is 0 Å². The smallest absolute Gasteiger partial charge is 0.110 e. The molecule has 0 aromatic carbocycles. The Bertz CT molecular complexity index is 496. The molecule has 2 N–H and O–H groups in total. The molecule has 5 fully saturated rings. The van der Waals surface area contributed by atoms with Gasteiger partial charge in [0.05, 0.1) is 11.7 Å². The highest BCUT2D eigenvalue weighted by atomic mass is 32.1. The molecule has 0 radical (unpaired) electrons. The fourth-order valence-electron chi connectivity index (χ4n) is 5.77. The highest BCUT2D eigenvalue weighted by molar-refractivity contribution is 7.09. The number of thiazole rings is 1. The molecule has 1 heterocycles. The van der Waals surface area contributed by atoms with E-state index in [-0.39, 0.29) is 6.04 Å². The first kappa shape index (κ1) is 12.2. The minimum absolute atomic E-state index is 0.225. The molecule has 4 bridgehead atoms. The van der Waals surface area contributed by atoms with Gasteiger partial charge in [-0.15, -0.1) is 11.3 Å². The molecule has 0 aliphatic heterocycles. The average molecular weight is 288 g/mol. The monoisotopic (exact) mass is 288 g/mol. The van der Waals surface area contributed by atoms with E-state index in [1.165, 1.54) is 62.1 Å². The van der Waals surface area contributed by atoms with Gasteiger partial charge >= 0.3 is 0 Å². The first-order chi connectivity index (χ1) is 9.72. The molecule has 5 saturated carbocycles. The molecule has 1 aromatic rings. The van der Waals surface area contributed by atoms with Crippen LogP contribution < -0.4 is 5.73 Å². The Balaban J connectivity index is 1.47. The van der Waals surface area contributed by atoms with E-state index in [9.17, 15) is 0 Å². The normalized spacial score (nSPS) is 44.0. The molecule has 0 saturated heterocycles. The summed E-state index contributed by atoms with van der Waals surface area (Å²) in [6.07, 6.45) is 11.4. The van der Waals surface area contributed by atoms with Crippen molar-refractivity contribution in [2.45, 2.75) is 62.8 Å². The number of hydrogen-bond donors (Lipinski definition) is 1. The molecular weight excluding hydrogens is 264 g/mol. The lowest BCUT2D eigenvalue weighted by Crippen LogP contribution is -2.48. The van der Waals surface area contributed by atoms with Gasteiger partial charge in [0.25, 0.3) is 0 Å². The number of nitrogens with zero attached hydrogens (tertiary/aromatic N) is 1. The van der Waals surface area contributed by atoms with Crippen molar-refractivity contribution < 1.29 is 0 Å². The molecule has 2 nitrogen and oxygen atoms in total. The fourth-order valence-corrected chi connectivity index (χ4v) is 6.80. The molecule has 0 spiro atoms. The predicted octanol–water partition coefficient (Wildman–Crippen LogP) is 4.02. The van der Waals surface area contributed by atoms with Gasteiger partial charge in [-0.3, -0.25) is 0 Å². The van der Waals surface area contributed by atoms with Crippen molar-refractivity contribution in [3.63, 3.8) is 0 Å². The van der Waals surface area contributed by atoms with E-state index in [4.69, 9.17) is 10.7 Å². The summed E-state index contributed by atoms with van der Waals surface area (Å²) in [7, 11) is 0. The van der Waals surface area contributed by atoms with Crippen LogP contribution in [-0.4, -0.2) is 4.98 Å². The molecule has 3 heteroatoms. The number of hydrogen-bond acceptors (Lipinski definition) is 3. The second-order valence-electron chi connectivity index (χ2n) is 8.13. The lowest BCUT2D eigenvalue weighted by molar-refractivity contribution is -0.00700. The maximum Gasteiger partial charge on any atom is 0.110 e. The summed E-state index contributed by atoms with van der Waals surface area (Å²) in [5, 5.41) is 3.59. The average Bonchev–Trinajstić information content (AvgIpc) is 3.12. The van der Waals surface area contributed by atoms with Crippen molar-refractivity contribution in [2.24, 2.45) is 29.4 Å². The van der Waals surface area contributed by atoms with E-state index >= 15 is 0 Å². The minimum Gasteiger partial charge on any atom is -0.322 e. The summed E-state index contributed by atoms with van der Waals surface area (Å²) >= 11 is 1.84. The van der Waals surface area contributed by atoms with Crippen LogP contribution in [0.2, 0.25) is 0 Å². The van der Waals surface area contributed by atoms with E-state index in [0.717, 1.165) is 23.7 Å². The van der Waals surface area contributed by atoms with Crippen molar-refractivity contribution in [2.75, 3.05) is 0 Å². The molecule has 1 unspecified atom stereocenters. The third kappa shape index (κ3) is 1.75. The van der Waals surface area contributed by atoms with E-state index in [0.29, 0.717) is 5.41 Å². The summed E-state index contributed by atoms with van der Waals surface area (Å²) in [6.45, 7) is 0. The topological polar surface area (TPSA) is 38.9 Å². The molecule has 108 valence electrons. The molecular formula is C17H24N2S. The zero-order valence-corrected chi connectivity index (χ0v) is 12.9. The van der Waals surface area contributed by atoms with Crippen LogP contribution >= 0.6 is 11.3 Å². The number of nitrogens with two attached hydrogens (primary N) is 1. The van der Waals surface area contributed by atoms with Crippen LogP contribution in [0.5, 0.6) is 0 Å². The van der Waals surface area contributed by atoms with Crippen molar-refractivity contribution in [1.29, 1.82) is 0 Å². The second kappa shape index (κ2) is 4.07. The Kier molecular flexibility index (Phi) is 2.48. The highest BCUT2D eigenvalue weighted by Crippen LogP contribution is 2.60. The molecule has 20 heavy (non-hydrogen) atoms. The van der Waals surface area contributed by atoms with Gasteiger partial charge in [-0.05, 0) is 75.0 Å². The van der Waals surface area contributed by atoms with E-state index < -0.39 is 0 Å². The van der Waals surface area contributed by atoms with Gasteiger partial charge in [0.2, 0.25) is 0 Å². The quantitative estimate of drug-likeness (QED) is 0.912. The first-order valence-electron chi connectivity index (χ1n) is 8.43.